The number of aromatic nitrogens is 5. The number of hydrogen-bond acceptors (Lipinski definition) is 4. The minimum absolute atomic E-state index is 0.123. The number of rotatable bonds is 4. The minimum Gasteiger partial charge on any atom is -0.322 e. The fourth-order valence-corrected chi connectivity index (χ4v) is 2.49. The minimum atomic E-state index is -0.145. The summed E-state index contributed by atoms with van der Waals surface area (Å²) in [6.07, 6.45) is 3.37. The quantitative estimate of drug-likeness (QED) is 0.798. The molecule has 0 spiro atoms. The van der Waals surface area contributed by atoms with Crippen LogP contribution in [-0.4, -0.2) is 30.5 Å². The van der Waals surface area contributed by atoms with Gasteiger partial charge in [-0.05, 0) is 32.9 Å². The molecule has 0 saturated heterocycles. The van der Waals surface area contributed by atoms with Crippen molar-refractivity contribution in [3.63, 3.8) is 0 Å². The number of carbonyl (C=O) groups excluding carboxylic acids is 1. The first-order valence-electron chi connectivity index (χ1n) is 7.20. The van der Waals surface area contributed by atoms with Gasteiger partial charge in [0.2, 0.25) is 5.91 Å². The average Bonchev–Trinajstić information content (AvgIpc) is 3.01. The first-order chi connectivity index (χ1) is 10.6. The average molecular weight is 298 g/mol. The molecule has 1 N–H and O–H groups in total. The topological polar surface area (TPSA) is 77.6 Å². The molecule has 0 aliphatic rings. The lowest BCUT2D eigenvalue weighted by atomic mass is 10.3. The van der Waals surface area contributed by atoms with Gasteiger partial charge in [-0.15, -0.1) is 0 Å². The second-order valence-corrected chi connectivity index (χ2v) is 5.13. The Labute approximate surface area is 128 Å². The van der Waals surface area contributed by atoms with Crippen molar-refractivity contribution in [2.75, 3.05) is 5.32 Å². The highest BCUT2D eigenvalue weighted by Gasteiger charge is 2.13. The molecule has 0 unspecified atom stereocenters. The van der Waals surface area contributed by atoms with Crippen LogP contribution in [0.15, 0.2) is 24.5 Å². The Morgan fingerprint density at radius 1 is 1.32 bits per heavy atom. The summed E-state index contributed by atoms with van der Waals surface area (Å²) in [4.78, 5) is 16.5. The fraction of sp³-hybridized carbons (Fsp3) is 0.333. The van der Waals surface area contributed by atoms with Crippen LogP contribution >= 0.6 is 0 Å². The van der Waals surface area contributed by atoms with E-state index in [4.69, 9.17) is 0 Å². The van der Waals surface area contributed by atoms with Crippen LogP contribution in [0.3, 0.4) is 0 Å². The molecular formula is C15H18N6O. The lowest BCUT2D eigenvalue weighted by Crippen LogP contribution is -2.20. The number of aryl methyl sites for hydroxylation is 2. The molecule has 0 radical (unpaired) electrons. The van der Waals surface area contributed by atoms with Crippen LogP contribution in [0.1, 0.15) is 18.3 Å². The highest BCUT2D eigenvalue weighted by molar-refractivity contribution is 5.92. The number of hydrogen-bond donors (Lipinski definition) is 1. The van der Waals surface area contributed by atoms with Crippen LogP contribution in [0.2, 0.25) is 0 Å². The van der Waals surface area contributed by atoms with Crippen molar-refractivity contribution in [2.24, 2.45) is 0 Å². The Morgan fingerprint density at radius 2 is 2.14 bits per heavy atom. The van der Waals surface area contributed by atoms with Crippen LogP contribution in [0, 0.1) is 13.8 Å². The van der Waals surface area contributed by atoms with Crippen molar-refractivity contribution in [1.82, 2.24) is 24.5 Å². The van der Waals surface area contributed by atoms with Crippen LogP contribution in [0.4, 0.5) is 5.69 Å². The molecule has 3 rings (SSSR count). The van der Waals surface area contributed by atoms with E-state index >= 15 is 0 Å². The molecule has 0 atom stereocenters. The fourth-order valence-electron chi connectivity index (χ4n) is 2.49. The zero-order chi connectivity index (χ0) is 15.7. The molecule has 0 aromatic carbocycles. The highest BCUT2D eigenvalue weighted by atomic mass is 16.2. The molecule has 0 aliphatic carbocycles. The van der Waals surface area contributed by atoms with E-state index < -0.39 is 0 Å². The second-order valence-electron chi connectivity index (χ2n) is 5.13. The Morgan fingerprint density at radius 3 is 2.86 bits per heavy atom. The summed E-state index contributed by atoms with van der Waals surface area (Å²) in [6.45, 7) is 6.75. The van der Waals surface area contributed by atoms with E-state index in [0.29, 0.717) is 0 Å². The van der Waals surface area contributed by atoms with Crippen LogP contribution < -0.4 is 5.32 Å². The zero-order valence-corrected chi connectivity index (χ0v) is 12.9. The van der Waals surface area contributed by atoms with Crippen molar-refractivity contribution in [2.45, 2.75) is 33.9 Å². The van der Waals surface area contributed by atoms with Crippen LogP contribution in [-0.2, 0) is 17.9 Å². The molecule has 7 heteroatoms. The predicted molar refractivity (Wildman–Crippen MR) is 83.5 cm³/mol. The summed E-state index contributed by atoms with van der Waals surface area (Å²) in [7, 11) is 0. The number of fused-ring (bicyclic) bond motifs is 1. The predicted octanol–water partition coefficient (Wildman–Crippen LogP) is 1.90. The van der Waals surface area contributed by atoms with E-state index in [-0.39, 0.29) is 12.5 Å². The van der Waals surface area contributed by atoms with Gasteiger partial charge in [0, 0.05) is 18.1 Å². The molecule has 0 aliphatic heterocycles. The summed E-state index contributed by atoms with van der Waals surface area (Å²) in [5, 5.41) is 12.4. The summed E-state index contributed by atoms with van der Waals surface area (Å²) in [5.74, 6) is -0.145. The third-order valence-corrected chi connectivity index (χ3v) is 3.66. The lowest BCUT2D eigenvalue weighted by Gasteiger charge is -2.06. The molecule has 3 aromatic rings. The highest BCUT2D eigenvalue weighted by Crippen LogP contribution is 2.16. The third kappa shape index (κ3) is 2.45. The second kappa shape index (κ2) is 5.59. The first kappa shape index (κ1) is 14.2. The maximum Gasteiger partial charge on any atom is 0.246 e. The third-order valence-electron chi connectivity index (χ3n) is 3.66. The van der Waals surface area contributed by atoms with Gasteiger partial charge in [-0.1, -0.05) is 0 Å². The molecule has 7 nitrogen and oxygen atoms in total. The Balaban J connectivity index is 1.80. The SMILES string of the molecule is CCn1ncc(NC(=O)Cn2nc(C)c3cccnc32)c1C. The van der Waals surface area contributed by atoms with Gasteiger partial charge >= 0.3 is 0 Å². The van der Waals surface area contributed by atoms with Gasteiger partial charge in [-0.25, -0.2) is 9.67 Å². The van der Waals surface area contributed by atoms with E-state index in [2.05, 4.69) is 20.5 Å². The molecule has 0 saturated carbocycles. The summed E-state index contributed by atoms with van der Waals surface area (Å²) < 4.78 is 3.46. The molecule has 114 valence electrons. The zero-order valence-electron chi connectivity index (χ0n) is 12.9. The van der Waals surface area contributed by atoms with Gasteiger partial charge in [0.25, 0.3) is 0 Å². The standard InChI is InChI=1S/C15H18N6O/c1-4-20-11(3)13(8-17-20)18-14(22)9-21-15-12(10(2)19-21)6-5-7-16-15/h5-8H,4,9H2,1-3H3,(H,18,22). The van der Waals surface area contributed by atoms with Crippen molar-refractivity contribution in [3.05, 3.63) is 35.9 Å². The van der Waals surface area contributed by atoms with E-state index in [1.54, 1.807) is 17.1 Å². The monoisotopic (exact) mass is 298 g/mol. The van der Waals surface area contributed by atoms with Gasteiger partial charge in [-0.2, -0.15) is 10.2 Å². The van der Waals surface area contributed by atoms with Crippen LogP contribution in [0.5, 0.6) is 0 Å². The Hall–Kier alpha value is -2.70. The van der Waals surface area contributed by atoms with Crippen molar-refractivity contribution in [1.29, 1.82) is 0 Å². The van der Waals surface area contributed by atoms with Crippen molar-refractivity contribution < 1.29 is 4.79 Å². The summed E-state index contributed by atoms with van der Waals surface area (Å²) in [6, 6.07) is 3.82. The van der Waals surface area contributed by atoms with Gasteiger partial charge < -0.3 is 5.32 Å². The molecular weight excluding hydrogens is 280 g/mol. The lowest BCUT2D eigenvalue weighted by molar-refractivity contribution is -0.116. The van der Waals surface area contributed by atoms with Gasteiger partial charge in [0.1, 0.15) is 6.54 Å². The largest absolute Gasteiger partial charge is 0.322 e. The van der Waals surface area contributed by atoms with Crippen molar-refractivity contribution in [3.8, 4) is 0 Å². The maximum absolute atomic E-state index is 12.2. The molecule has 0 fully saturated rings. The molecule has 3 heterocycles. The van der Waals surface area contributed by atoms with E-state index in [1.165, 1.54) is 0 Å². The maximum atomic E-state index is 12.2. The molecule has 1 amide bonds. The van der Waals surface area contributed by atoms with E-state index in [9.17, 15) is 4.79 Å². The number of anilines is 1. The van der Waals surface area contributed by atoms with Crippen molar-refractivity contribution >= 4 is 22.6 Å². The first-order valence-corrected chi connectivity index (χ1v) is 7.20. The molecule has 0 bridgehead atoms. The summed E-state index contributed by atoms with van der Waals surface area (Å²) in [5.41, 5.74) is 3.26. The number of nitrogens with one attached hydrogen (secondary N) is 1. The smallest absolute Gasteiger partial charge is 0.246 e. The molecule has 22 heavy (non-hydrogen) atoms. The summed E-state index contributed by atoms with van der Waals surface area (Å²) >= 11 is 0. The van der Waals surface area contributed by atoms with E-state index in [1.807, 2.05) is 37.6 Å². The van der Waals surface area contributed by atoms with Gasteiger partial charge in [0.05, 0.1) is 23.3 Å². The van der Waals surface area contributed by atoms with Gasteiger partial charge in [0.15, 0.2) is 5.65 Å². The van der Waals surface area contributed by atoms with E-state index in [0.717, 1.165) is 34.7 Å². The van der Waals surface area contributed by atoms with Gasteiger partial charge in [-0.3, -0.25) is 9.48 Å². The Kier molecular flexibility index (Phi) is 3.62. The number of amides is 1. The normalized spacial score (nSPS) is 11.0. The number of carbonyl (C=O) groups is 1. The molecule has 3 aromatic heterocycles. The van der Waals surface area contributed by atoms with Crippen LogP contribution in [0.25, 0.3) is 11.0 Å². The number of nitrogens with zero attached hydrogens (tertiary/aromatic N) is 5. The Bertz CT molecular complexity index is 832. The number of pyridine rings is 1.